The third-order valence-corrected chi connectivity index (χ3v) is 5.98. The van der Waals surface area contributed by atoms with Gasteiger partial charge in [0.15, 0.2) is 9.84 Å². The average Bonchev–Trinajstić information content (AvgIpc) is 2.66. The smallest absolute Gasteiger partial charge is 0.232 e. The van der Waals surface area contributed by atoms with Crippen LogP contribution < -0.4 is 5.73 Å². The number of hydrogen-bond acceptors (Lipinski definition) is 5. The fraction of sp³-hybridized carbons (Fsp3) is 0.917. The Morgan fingerprint density at radius 3 is 2.68 bits per heavy atom. The normalized spacial score (nSPS) is 23.2. The first-order valence-corrected chi connectivity index (χ1v) is 9.66. The van der Waals surface area contributed by atoms with Crippen LogP contribution >= 0.6 is 11.8 Å². The highest BCUT2D eigenvalue weighted by Gasteiger charge is 2.33. The molecule has 1 aliphatic heterocycles. The molecule has 0 aromatic heterocycles. The SMILES string of the molecule is CCN(C(=O)CSCCC(C)N)C1CCS(=O)(=O)C1. The lowest BCUT2D eigenvalue weighted by molar-refractivity contribution is -0.129. The zero-order valence-corrected chi connectivity index (χ0v) is 13.3. The fourth-order valence-corrected chi connectivity index (χ4v) is 4.92. The Kier molecular flexibility index (Phi) is 6.62. The van der Waals surface area contributed by atoms with E-state index in [-0.39, 0.29) is 29.5 Å². The lowest BCUT2D eigenvalue weighted by atomic mass is 10.2. The molecule has 0 aliphatic carbocycles. The molecular formula is C12H24N2O3S2. The molecule has 7 heteroatoms. The molecule has 0 spiro atoms. The van der Waals surface area contributed by atoms with Gasteiger partial charge in [-0.1, -0.05) is 0 Å². The van der Waals surface area contributed by atoms with E-state index in [1.54, 1.807) is 16.7 Å². The molecule has 0 bridgehead atoms. The van der Waals surface area contributed by atoms with Gasteiger partial charge in [0.1, 0.15) is 0 Å². The summed E-state index contributed by atoms with van der Waals surface area (Å²) in [6.45, 7) is 4.42. The first kappa shape index (κ1) is 16.8. The standard InChI is InChI=1S/C12H24N2O3S2/c1-3-14(11-5-7-19(16,17)9-11)12(15)8-18-6-4-10(2)13/h10-11H,3-9,13H2,1-2H3. The van der Waals surface area contributed by atoms with Gasteiger partial charge in [0.25, 0.3) is 0 Å². The zero-order valence-electron chi connectivity index (χ0n) is 11.7. The Balaban J connectivity index is 2.40. The largest absolute Gasteiger partial charge is 0.338 e. The van der Waals surface area contributed by atoms with Crippen LogP contribution in [0.1, 0.15) is 26.7 Å². The van der Waals surface area contributed by atoms with Crippen LogP contribution in [-0.2, 0) is 14.6 Å². The molecule has 0 aromatic rings. The van der Waals surface area contributed by atoms with Gasteiger partial charge < -0.3 is 10.6 Å². The van der Waals surface area contributed by atoms with E-state index < -0.39 is 9.84 Å². The molecule has 1 rings (SSSR count). The number of rotatable bonds is 7. The number of hydrogen-bond donors (Lipinski definition) is 1. The predicted molar refractivity (Wildman–Crippen MR) is 80.0 cm³/mol. The van der Waals surface area contributed by atoms with Gasteiger partial charge in [0, 0.05) is 18.6 Å². The second kappa shape index (κ2) is 7.50. The van der Waals surface area contributed by atoms with Crippen LogP contribution in [0.15, 0.2) is 0 Å². The predicted octanol–water partition coefficient (Wildman–Crippen LogP) is 0.493. The van der Waals surface area contributed by atoms with Gasteiger partial charge in [0.05, 0.1) is 17.3 Å². The second-order valence-electron chi connectivity index (χ2n) is 5.06. The van der Waals surface area contributed by atoms with Crippen molar-refractivity contribution in [3.05, 3.63) is 0 Å². The van der Waals surface area contributed by atoms with Gasteiger partial charge in [-0.3, -0.25) is 4.79 Å². The van der Waals surface area contributed by atoms with Crippen molar-refractivity contribution in [3.63, 3.8) is 0 Å². The summed E-state index contributed by atoms with van der Waals surface area (Å²) < 4.78 is 22.9. The van der Waals surface area contributed by atoms with E-state index in [0.29, 0.717) is 18.7 Å². The Bertz CT molecular complexity index is 396. The molecule has 112 valence electrons. The molecule has 2 N–H and O–H groups in total. The Morgan fingerprint density at radius 2 is 2.21 bits per heavy atom. The summed E-state index contributed by atoms with van der Waals surface area (Å²) in [6, 6.07) is 0.0291. The van der Waals surface area contributed by atoms with Gasteiger partial charge in [-0.05, 0) is 32.4 Å². The maximum Gasteiger partial charge on any atom is 0.232 e. The summed E-state index contributed by atoms with van der Waals surface area (Å²) >= 11 is 1.57. The minimum absolute atomic E-state index is 0.0410. The summed E-state index contributed by atoms with van der Waals surface area (Å²) in [4.78, 5) is 13.8. The molecule has 0 saturated carbocycles. The van der Waals surface area contributed by atoms with Gasteiger partial charge >= 0.3 is 0 Å². The van der Waals surface area contributed by atoms with Crippen molar-refractivity contribution in [1.82, 2.24) is 4.90 Å². The second-order valence-corrected chi connectivity index (χ2v) is 8.39. The Hall–Kier alpha value is -0.270. The van der Waals surface area contributed by atoms with Crippen LogP contribution in [-0.4, -0.2) is 60.9 Å². The molecule has 1 amide bonds. The maximum atomic E-state index is 12.1. The minimum Gasteiger partial charge on any atom is -0.338 e. The summed E-state index contributed by atoms with van der Waals surface area (Å²) in [7, 11) is -2.94. The van der Waals surface area contributed by atoms with E-state index in [1.165, 1.54) is 0 Å². The lowest BCUT2D eigenvalue weighted by Crippen LogP contribution is -2.42. The molecule has 19 heavy (non-hydrogen) atoms. The van der Waals surface area contributed by atoms with Crippen LogP contribution in [0.4, 0.5) is 0 Å². The Morgan fingerprint density at radius 1 is 1.53 bits per heavy atom. The van der Waals surface area contributed by atoms with Gasteiger partial charge in [-0.2, -0.15) is 11.8 Å². The Labute approximate surface area is 120 Å². The summed E-state index contributed by atoms with van der Waals surface area (Å²) in [5.41, 5.74) is 5.65. The first-order chi connectivity index (χ1) is 8.85. The average molecular weight is 308 g/mol. The van der Waals surface area contributed by atoms with Crippen molar-refractivity contribution in [2.75, 3.05) is 29.6 Å². The summed E-state index contributed by atoms with van der Waals surface area (Å²) in [6.07, 6.45) is 1.47. The molecule has 0 radical (unpaired) electrons. The molecule has 2 atom stereocenters. The van der Waals surface area contributed by atoms with Crippen LogP contribution in [0.3, 0.4) is 0 Å². The van der Waals surface area contributed by atoms with Crippen molar-refractivity contribution in [2.24, 2.45) is 5.73 Å². The van der Waals surface area contributed by atoms with E-state index in [9.17, 15) is 13.2 Å². The molecular weight excluding hydrogens is 284 g/mol. The van der Waals surface area contributed by atoms with Gasteiger partial charge in [0.2, 0.25) is 5.91 Å². The fourth-order valence-electron chi connectivity index (χ4n) is 2.17. The summed E-state index contributed by atoms with van der Waals surface area (Å²) in [5, 5.41) is 0. The molecule has 2 unspecified atom stereocenters. The van der Waals surface area contributed by atoms with Crippen molar-refractivity contribution < 1.29 is 13.2 Å². The van der Waals surface area contributed by atoms with Crippen molar-refractivity contribution >= 4 is 27.5 Å². The number of carbonyl (C=O) groups is 1. The summed E-state index contributed by atoms with van der Waals surface area (Å²) in [5.74, 6) is 1.65. The third kappa shape index (κ3) is 5.71. The van der Waals surface area contributed by atoms with Crippen LogP contribution in [0.2, 0.25) is 0 Å². The van der Waals surface area contributed by atoms with Gasteiger partial charge in [-0.15, -0.1) is 0 Å². The number of nitrogens with two attached hydrogens (primary N) is 1. The first-order valence-electron chi connectivity index (χ1n) is 6.69. The highest BCUT2D eigenvalue weighted by molar-refractivity contribution is 7.99. The quantitative estimate of drug-likeness (QED) is 0.692. The van der Waals surface area contributed by atoms with Crippen LogP contribution in [0.25, 0.3) is 0 Å². The van der Waals surface area contributed by atoms with Crippen LogP contribution in [0, 0.1) is 0 Å². The van der Waals surface area contributed by atoms with Crippen molar-refractivity contribution in [1.29, 1.82) is 0 Å². The topological polar surface area (TPSA) is 80.5 Å². The van der Waals surface area contributed by atoms with Crippen molar-refractivity contribution in [3.8, 4) is 0 Å². The molecule has 1 aliphatic rings. The number of carbonyl (C=O) groups excluding carboxylic acids is 1. The third-order valence-electron chi connectivity index (χ3n) is 3.25. The number of amides is 1. The molecule has 1 fully saturated rings. The highest BCUT2D eigenvalue weighted by Crippen LogP contribution is 2.19. The molecule has 1 saturated heterocycles. The number of sulfone groups is 1. The van der Waals surface area contributed by atoms with E-state index in [0.717, 1.165) is 12.2 Å². The number of thioether (sulfide) groups is 1. The highest BCUT2D eigenvalue weighted by atomic mass is 32.2. The molecule has 1 heterocycles. The van der Waals surface area contributed by atoms with E-state index in [4.69, 9.17) is 5.73 Å². The minimum atomic E-state index is -2.94. The van der Waals surface area contributed by atoms with E-state index >= 15 is 0 Å². The van der Waals surface area contributed by atoms with E-state index in [1.807, 2.05) is 13.8 Å². The maximum absolute atomic E-state index is 12.1. The van der Waals surface area contributed by atoms with E-state index in [2.05, 4.69) is 0 Å². The molecule has 5 nitrogen and oxygen atoms in total. The number of nitrogens with zero attached hydrogens (tertiary/aromatic N) is 1. The molecule has 0 aromatic carbocycles. The van der Waals surface area contributed by atoms with Crippen molar-refractivity contribution in [2.45, 2.75) is 38.8 Å². The lowest BCUT2D eigenvalue weighted by Gasteiger charge is -2.26. The zero-order chi connectivity index (χ0) is 14.5. The monoisotopic (exact) mass is 308 g/mol. The van der Waals surface area contributed by atoms with Crippen LogP contribution in [0.5, 0.6) is 0 Å². The van der Waals surface area contributed by atoms with Gasteiger partial charge in [-0.25, -0.2) is 8.42 Å².